The zero-order valence-corrected chi connectivity index (χ0v) is 12.2. The quantitative estimate of drug-likeness (QED) is 0.827. The predicted octanol–water partition coefficient (Wildman–Crippen LogP) is 2.40. The highest BCUT2D eigenvalue weighted by molar-refractivity contribution is 5.69. The Balaban J connectivity index is 2.23. The van der Waals surface area contributed by atoms with E-state index in [1.54, 1.807) is 23.1 Å². The highest BCUT2D eigenvalue weighted by atomic mass is 16.6. The van der Waals surface area contributed by atoms with Gasteiger partial charge < -0.3 is 15.6 Å². The number of phenolic OH excluding ortho intramolecular Hbond substituents is 1. The number of carbonyl (C=O) groups excluding carboxylic acids is 1. The number of amides is 1. The summed E-state index contributed by atoms with van der Waals surface area (Å²) in [6.07, 6.45) is 0.360. The molecule has 5 nitrogen and oxygen atoms in total. The van der Waals surface area contributed by atoms with Gasteiger partial charge in [-0.1, -0.05) is 12.1 Å². The topological polar surface area (TPSA) is 75.8 Å². The fourth-order valence-corrected chi connectivity index (χ4v) is 2.48. The van der Waals surface area contributed by atoms with Crippen molar-refractivity contribution in [2.75, 3.05) is 6.54 Å². The Kier molecular flexibility index (Phi) is 3.90. The van der Waals surface area contributed by atoms with Gasteiger partial charge in [-0.05, 0) is 44.9 Å². The highest BCUT2D eigenvalue weighted by Crippen LogP contribution is 2.33. The smallest absolute Gasteiger partial charge is 0.410 e. The van der Waals surface area contributed by atoms with Crippen molar-refractivity contribution in [3.05, 3.63) is 29.8 Å². The van der Waals surface area contributed by atoms with Crippen LogP contribution in [0, 0.1) is 0 Å². The first-order valence-corrected chi connectivity index (χ1v) is 6.82. The van der Waals surface area contributed by atoms with Gasteiger partial charge in [-0.25, -0.2) is 4.79 Å². The van der Waals surface area contributed by atoms with E-state index in [1.807, 2.05) is 26.8 Å². The lowest BCUT2D eigenvalue weighted by Crippen LogP contribution is -2.39. The lowest BCUT2D eigenvalue weighted by molar-refractivity contribution is 0.0218. The summed E-state index contributed by atoms with van der Waals surface area (Å²) >= 11 is 0. The number of hydrogen-bond donors (Lipinski definition) is 2. The molecule has 0 aromatic heterocycles. The van der Waals surface area contributed by atoms with Crippen LogP contribution in [-0.2, 0) is 4.74 Å². The van der Waals surface area contributed by atoms with E-state index in [0.717, 1.165) is 12.0 Å². The number of rotatable bonds is 1. The van der Waals surface area contributed by atoms with Crippen molar-refractivity contribution in [3.8, 4) is 5.75 Å². The van der Waals surface area contributed by atoms with Gasteiger partial charge in [0.05, 0.1) is 6.04 Å². The van der Waals surface area contributed by atoms with Crippen molar-refractivity contribution in [1.29, 1.82) is 0 Å². The van der Waals surface area contributed by atoms with E-state index >= 15 is 0 Å². The first kappa shape index (κ1) is 14.7. The minimum atomic E-state index is -0.535. The molecule has 0 spiro atoms. The summed E-state index contributed by atoms with van der Waals surface area (Å²) < 4.78 is 5.42. The van der Waals surface area contributed by atoms with Gasteiger partial charge in [0.25, 0.3) is 0 Å². The molecule has 110 valence electrons. The molecule has 1 heterocycles. The molecule has 5 heteroatoms. The van der Waals surface area contributed by atoms with Crippen LogP contribution in [0.2, 0.25) is 0 Å². The lowest BCUT2D eigenvalue weighted by atomic mass is 10.0. The second-order valence-corrected chi connectivity index (χ2v) is 6.17. The molecule has 1 aromatic carbocycles. The molecule has 1 aromatic rings. The standard InChI is InChI=1S/C15H22N2O3/c1-15(2,3)20-14(19)17-8-7-12(16)13(17)10-5-4-6-11(18)9-10/h4-6,9,12-13,18H,7-8,16H2,1-3H3. The Bertz CT molecular complexity index is 496. The highest BCUT2D eigenvalue weighted by Gasteiger charge is 2.38. The molecular formula is C15H22N2O3. The maximum absolute atomic E-state index is 12.3. The number of carbonyl (C=O) groups is 1. The maximum atomic E-state index is 12.3. The second-order valence-electron chi connectivity index (χ2n) is 6.17. The second kappa shape index (κ2) is 5.32. The van der Waals surface area contributed by atoms with Crippen molar-refractivity contribution >= 4 is 6.09 Å². The van der Waals surface area contributed by atoms with Gasteiger partial charge in [0.2, 0.25) is 0 Å². The van der Waals surface area contributed by atoms with Gasteiger partial charge in [-0.2, -0.15) is 0 Å². The monoisotopic (exact) mass is 278 g/mol. The fraction of sp³-hybridized carbons (Fsp3) is 0.533. The van der Waals surface area contributed by atoms with E-state index in [9.17, 15) is 9.90 Å². The van der Waals surface area contributed by atoms with Crippen LogP contribution in [0.4, 0.5) is 4.79 Å². The number of likely N-dealkylation sites (tertiary alicyclic amines) is 1. The van der Waals surface area contributed by atoms with Crippen LogP contribution < -0.4 is 5.73 Å². The van der Waals surface area contributed by atoms with E-state index in [1.165, 1.54) is 0 Å². The van der Waals surface area contributed by atoms with Gasteiger partial charge >= 0.3 is 6.09 Å². The summed E-state index contributed by atoms with van der Waals surface area (Å²) in [6, 6.07) is 6.46. The fourth-order valence-electron chi connectivity index (χ4n) is 2.48. The summed E-state index contributed by atoms with van der Waals surface area (Å²) in [6.45, 7) is 6.08. The van der Waals surface area contributed by atoms with Crippen LogP contribution in [0.1, 0.15) is 38.8 Å². The molecule has 1 saturated heterocycles. The van der Waals surface area contributed by atoms with E-state index in [0.29, 0.717) is 6.54 Å². The number of nitrogens with zero attached hydrogens (tertiary/aromatic N) is 1. The molecule has 20 heavy (non-hydrogen) atoms. The van der Waals surface area contributed by atoms with E-state index in [2.05, 4.69) is 0 Å². The lowest BCUT2D eigenvalue weighted by Gasteiger charge is -2.30. The molecular weight excluding hydrogens is 256 g/mol. The number of hydrogen-bond acceptors (Lipinski definition) is 4. The normalized spacial score (nSPS) is 22.9. The van der Waals surface area contributed by atoms with Crippen LogP contribution in [0.25, 0.3) is 0 Å². The molecule has 1 aliphatic heterocycles. The van der Waals surface area contributed by atoms with Gasteiger partial charge in [0.15, 0.2) is 0 Å². The summed E-state index contributed by atoms with van der Waals surface area (Å²) in [5.74, 6) is 0.172. The third-order valence-electron chi connectivity index (χ3n) is 3.28. The molecule has 0 aliphatic carbocycles. The Morgan fingerprint density at radius 2 is 2.15 bits per heavy atom. The van der Waals surface area contributed by atoms with Gasteiger partial charge in [-0.15, -0.1) is 0 Å². The Hall–Kier alpha value is -1.75. The number of phenols is 1. The first-order chi connectivity index (χ1) is 9.28. The Morgan fingerprint density at radius 3 is 2.75 bits per heavy atom. The summed E-state index contributed by atoms with van der Waals surface area (Å²) in [5, 5.41) is 9.60. The van der Waals surface area contributed by atoms with Crippen LogP contribution in [0.3, 0.4) is 0 Å². The molecule has 0 radical (unpaired) electrons. The van der Waals surface area contributed by atoms with Crippen LogP contribution in [0.5, 0.6) is 5.75 Å². The summed E-state index contributed by atoms with van der Waals surface area (Å²) in [5.41, 5.74) is 6.42. The molecule has 1 amide bonds. The summed E-state index contributed by atoms with van der Waals surface area (Å²) in [7, 11) is 0. The van der Waals surface area contributed by atoms with Gasteiger partial charge in [0, 0.05) is 12.6 Å². The molecule has 2 atom stereocenters. The molecule has 2 unspecified atom stereocenters. The average molecular weight is 278 g/mol. The van der Waals surface area contributed by atoms with Gasteiger partial charge in [0.1, 0.15) is 11.4 Å². The molecule has 1 aliphatic rings. The van der Waals surface area contributed by atoms with Crippen molar-refractivity contribution in [2.24, 2.45) is 5.73 Å². The number of ether oxygens (including phenoxy) is 1. The minimum Gasteiger partial charge on any atom is -0.508 e. The van der Waals surface area contributed by atoms with Crippen LogP contribution in [-0.4, -0.2) is 34.3 Å². The molecule has 1 fully saturated rings. The largest absolute Gasteiger partial charge is 0.508 e. The van der Waals surface area contributed by atoms with E-state index < -0.39 is 5.60 Å². The minimum absolute atomic E-state index is 0.149. The third kappa shape index (κ3) is 3.22. The number of aromatic hydroxyl groups is 1. The van der Waals surface area contributed by atoms with Crippen molar-refractivity contribution in [2.45, 2.75) is 44.9 Å². The SMILES string of the molecule is CC(C)(C)OC(=O)N1CCC(N)C1c1cccc(O)c1. The molecule has 2 rings (SSSR count). The first-order valence-electron chi connectivity index (χ1n) is 6.82. The van der Waals surface area contributed by atoms with Crippen LogP contribution >= 0.6 is 0 Å². The van der Waals surface area contributed by atoms with E-state index in [-0.39, 0.29) is 23.9 Å². The predicted molar refractivity (Wildman–Crippen MR) is 76.4 cm³/mol. The number of benzene rings is 1. The average Bonchev–Trinajstić information content (AvgIpc) is 2.69. The zero-order valence-electron chi connectivity index (χ0n) is 12.2. The maximum Gasteiger partial charge on any atom is 0.410 e. The van der Waals surface area contributed by atoms with Crippen molar-refractivity contribution in [1.82, 2.24) is 4.90 Å². The zero-order chi connectivity index (χ0) is 14.9. The van der Waals surface area contributed by atoms with Crippen LogP contribution in [0.15, 0.2) is 24.3 Å². The third-order valence-corrected chi connectivity index (χ3v) is 3.28. The Morgan fingerprint density at radius 1 is 1.45 bits per heavy atom. The van der Waals surface area contributed by atoms with Crippen molar-refractivity contribution in [3.63, 3.8) is 0 Å². The molecule has 0 bridgehead atoms. The van der Waals surface area contributed by atoms with E-state index in [4.69, 9.17) is 10.5 Å². The molecule has 3 N–H and O–H groups in total. The Labute approximate surface area is 119 Å². The summed E-state index contributed by atoms with van der Waals surface area (Å²) in [4.78, 5) is 13.9. The van der Waals surface area contributed by atoms with Gasteiger partial charge in [-0.3, -0.25) is 4.90 Å². The molecule has 0 saturated carbocycles. The van der Waals surface area contributed by atoms with Crippen molar-refractivity contribution < 1.29 is 14.6 Å². The number of nitrogens with two attached hydrogens (primary N) is 1.